The highest BCUT2D eigenvalue weighted by molar-refractivity contribution is 6.35. The van der Waals surface area contributed by atoms with Crippen LogP contribution in [-0.4, -0.2) is 46.8 Å². The zero-order valence-corrected chi connectivity index (χ0v) is 23.0. The van der Waals surface area contributed by atoms with Gasteiger partial charge in [-0.2, -0.15) is 0 Å². The van der Waals surface area contributed by atoms with E-state index in [1.165, 1.54) is 9.80 Å². The van der Waals surface area contributed by atoms with Crippen molar-refractivity contribution in [1.29, 1.82) is 0 Å². The van der Waals surface area contributed by atoms with Crippen molar-refractivity contribution in [2.45, 2.75) is 32.0 Å². The third-order valence-corrected chi connectivity index (χ3v) is 7.80. The number of benzene rings is 3. The number of hydrogen-bond acceptors (Lipinski definition) is 3. The molecule has 0 unspecified atom stereocenters. The van der Waals surface area contributed by atoms with Crippen LogP contribution in [0.25, 0.3) is 0 Å². The van der Waals surface area contributed by atoms with Crippen LogP contribution in [0.1, 0.15) is 42.6 Å². The fourth-order valence-corrected chi connectivity index (χ4v) is 5.70. The molecule has 39 heavy (non-hydrogen) atoms. The molecule has 0 bridgehead atoms. The van der Waals surface area contributed by atoms with Crippen LogP contribution in [-0.2, 0) is 9.59 Å². The van der Waals surface area contributed by atoms with E-state index in [1.54, 1.807) is 25.1 Å². The van der Waals surface area contributed by atoms with Crippen LogP contribution < -0.4 is 10.6 Å². The quantitative estimate of drug-likeness (QED) is 0.400. The molecule has 3 aromatic rings. The van der Waals surface area contributed by atoms with E-state index < -0.39 is 18.1 Å². The van der Waals surface area contributed by atoms with Gasteiger partial charge in [0, 0.05) is 16.6 Å². The molecule has 4 amide bonds. The second-order valence-corrected chi connectivity index (χ2v) is 10.4. The first-order valence-corrected chi connectivity index (χ1v) is 13.5. The largest absolute Gasteiger partial charge is 0.343 e. The average Bonchev–Trinajstić information content (AvgIpc) is 3.28. The monoisotopic (exact) mass is 562 g/mol. The Balaban J connectivity index is 1.44. The third kappa shape index (κ3) is 5.12. The number of urea groups is 1. The van der Waals surface area contributed by atoms with Crippen LogP contribution >= 0.6 is 23.2 Å². The molecule has 2 aliphatic heterocycles. The summed E-state index contributed by atoms with van der Waals surface area (Å²) in [6.07, 6.45) is 0. The van der Waals surface area contributed by atoms with Crippen LogP contribution in [0.15, 0.2) is 90.1 Å². The van der Waals surface area contributed by atoms with E-state index in [4.69, 9.17) is 23.2 Å². The van der Waals surface area contributed by atoms with Crippen molar-refractivity contribution in [2.24, 2.45) is 0 Å². The summed E-state index contributed by atoms with van der Waals surface area (Å²) in [5.41, 5.74) is 3.41. The standard InChI is InChI=1S/C30H28Cl2N4O3/c1-3-35-24-17-36(29(38)25(24)27(34-30(35)39)22-15-14-21(31)16-23(22)32)18(2)28(37)33-26(19-10-6-4-7-11-19)20-12-8-5-9-13-20/h4-16,18,26-27H,3,17H2,1-2H3,(H,33,37)(H,34,39)/t18-,27-/m1/s1. The lowest BCUT2D eigenvalue weighted by atomic mass is 9.95. The highest BCUT2D eigenvalue weighted by Crippen LogP contribution is 2.39. The molecule has 2 heterocycles. The molecule has 5 rings (SSSR count). The number of nitrogens with zero attached hydrogens (tertiary/aromatic N) is 2. The Morgan fingerprint density at radius 1 is 1.00 bits per heavy atom. The lowest BCUT2D eigenvalue weighted by Crippen LogP contribution is -2.48. The van der Waals surface area contributed by atoms with Gasteiger partial charge in [0.15, 0.2) is 0 Å². The predicted molar refractivity (Wildman–Crippen MR) is 151 cm³/mol. The molecule has 0 radical (unpaired) electrons. The maximum absolute atomic E-state index is 13.9. The molecule has 0 fully saturated rings. The highest BCUT2D eigenvalue weighted by Gasteiger charge is 2.46. The van der Waals surface area contributed by atoms with E-state index >= 15 is 0 Å². The minimum atomic E-state index is -0.798. The zero-order valence-electron chi connectivity index (χ0n) is 21.5. The summed E-state index contributed by atoms with van der Waals surface area (Å²) in [5.74, 6) is -0.623. The summed E-state index contributed by atoms with van der Waals surface area (Å²) in [5, 5.41) is 6.84. The Kier molecular flexibility index (Phi) is 7.64. The number of amides is 4. The van der Waals surface area contributed by atoms with Gasteiger partial charge in [0.25, 0.3) is 5.91 Å². The molecule has 2 aliphatic rings. The van der Waals surface area contributed by atoms with Crippen molar-refractivity contribution in [3.05, 3.63) is 117 Å². The zero-order chi connectivity index (χ0) is 27.7. The Bertz CT molecular complexity index is 1410. The molecule has 7 nitrogen and oxygen atoms in total. The molecule has 3 aromatic carbocycles. The van der Waals surface area contributed by atoms with Gasteiger partial charge >= 0.3 is 6.03 Å². The molecule has 0 aromatic heterocycles. The summed E-state index contributed by atoms with van der Waals surface area (Å²) >= 11 is 12.6. The molecule has 0 saturated heterocycles. The van der Waals surface area contributed by atoms with E-state index in [2.05, 4.69) is 10.6 Å². The van der Waals surface area contributed by atoms with Gasteiger partial charge in [0.1, 0.15) is 6.04 Å². The fraction of sp³-hybridized carbons (Fsp3) is 0.233. The summed E-state index contributed by atoms with van der Waals surface area (Å²) in [4.78, 5) is 43.6. The number of nitrogens with one attached hydrogen (secondary N) is 2. The molecular formula is C30H28Cl2N4O3. The number of rotatable bonds is 7. The molecule has 0 spiro atoms. The van der Waals surface area contributed by atoms with Crippen molar-refractivity contribution in [1.82, 2.24) is 20.4 Å². The first-order chi connectivity index (χ1) is 18.8. The summed E-state index contributed by atoms with van der Waals surface area (Å²) in [6, 6.07) is 22.1. The lowest BCUT2D eigenvalue weighted by Gasteiger charge is -2.33. The average molecular weight is 563 g/mol. The Hall–Kier alpha value is -3.81. The summed E-state index contributed by atoms with van der Waals surface area (Å²) in [6.45, 7) is 4.05. The van der Waals surface area contributed by atoms with Crippen molar-refractivity contribution in [3.63, 3.8) is 0 Å². The number of likely N-dealkylation sites (N-methyl/N-ethyl adjacent to an activating group) is 1. The number of carbonyl (C=O) groups excluding carboxylic acids is 3. The Morgan fingerprint density at radius 2 is 1.62 bits per heavy atom. The van der Waals surface area contributed by atoms with Gasteiger partial charge < -0.3 is 15.5 Å². The van der Waals surface area contributed by atoms with Gasteiger partial charge in [0.2, 0.25) is 5.91 Å². The van der Waals surface area contributed by atoms with E-state index in [1.807, 2.05) is 67.6 Å². The minimum absolute atomic E-state index is 0.132. The molecule has 2 atom stereocenters. The molecular weight excluding hydrogens is 535 g/mol. The van der Waals surface area contributed by atoms with E-state index in [0.717, 1.165) is 11.1 Å². The summed E-state index contributed by atoms with van der Waals surface area (Å²) in [7, 11) is 0. The van der Waals surface area contributed by atoms with Crippen molar-refractivity contribution in [3.8, 4) is 0 Å². The molecule has 200 valence electrons. The number of halogens is 2. The fourth-order valence-electron chi connectivity index (χ4n) is 5.18. The first-order valence-electron chi connectivity index (χ1n) is 12.8. The van der Waals surface area contributed by atoms with Gasteiger partial charge in [0.05, 0.1) is 29.9 Å². The number of hydrogen-bond donors (Lipinski definition) is 2. The summed E-state index contributed by atoms with van der Waals surface area (Å²) < 4.78 is 0. The van der Waals surface area contributed by atoms with Crippen LogP contribution in [0, 0.1) is 0 Å². The Morgan fingerprint density at radius 3 is 2.18 bits per heavy atom. The minimum Gasteiger partial charge on any atom is -0.343 e. The van der Waals surface area contributed by atoms with Gasteiger partial charge in [-0.25, -0.2) is 4.79 Å². The van der Waals surface area contributed by atoms with Gasteiger partial charge in [-0.15, -0.1) is 0 Å². The maximum Gasteiger partial charge on any atom is 0.322 e. The SMILES string of the molecule is CCN1C(=O)N[C@H](c2ccc(Cl)cc2Cl)C2=C1CN([C@H](C)C(=O)NC(c1ccccc1)c1ccccc1)C2=O. The van der Waals surface area contributed by atoms with Crippen LogP contribution in [0.5, 0.6) is 0 Å². The van der Waals surface area contributed by atoms with Gasteiger partial charge in [-0.05, 0) is 42.7 Å². The lowest BCUT2D eigenvalue weighted by molar-refractivity contribution is -0.136. The Labute approximate surface area is 237 Å². The molecule has 0 aliphatic carbocycles. The molecule has 0 saturated carbocycles. The van der Waals surface area contributed by atoms with Crippen molar-refractivity contribution in [2.75, 3.05) is 13.1 Å². The van der Waals surface area contributed by atoms with Crippen LogP contribution in [0.3, 0.4) is 0 Å². The molecule has 2 N–H and O–H groups in total. The van der Waals surface area contributed by atoms with Crippen LogP contribution in [0.2, 0.25) is 10.0 Å². The van der Waals surface area contributed by atoms with Crippen molar-refractivity contribution < 1.29 is 14.4 Å². The van der Waals surface area contributed by atoms with Crippen molar-refractivity contribution >= 4 is 41.0 Å². The topological polar surface area (TPSA) is 81.8 Å². The van der Waals surface area contributed by atoms with E-state index in [9.17, 15) is 14.4 Å². The van der Waals surface area contributed by atoms with E-state index in [0.29, 0.717) is 33.4 Å². The van der Waals surface area contributed by atoms with Gasteiger partial charge in [-0.1, -0.05) is 89.9 Å². The smallest absolute Gasteiger partial charge is 0.322 e. The number of carbonyl (C=O) groups is 3. The third-order valence-electron chi connectivity index (χ3n) is 7.24. The van der Waals surface area contributed by atoms with Gasteiger partial charge in [-0.3, -0.25) is 14.5 Å². The predicted octanol–water partition coefficient (Wildman–Crippen LogP) is 5.47. The second-order valence-electron chi connectivity index (χ2n) is 9.52. The molecule has 9 heteroatoms. The normalized spacial score (nSPS) is 17.8. The second kappa shape index (κ2) is 11.1. The van der Waals surface area contributed by atoms with E-state index in [-0.39, 0.29) is 24.4 Å². The maximum atomic E-state index is 13.9. The van der Waals surface area contributed by atoms with Crippen LogP contribution in [0.4, 0.5) is 4.79 Å². The highest BCUT2D eigenvalue weighted by atomic mass is 35.5. The first kappa shape index (κ1) is 26.8.